The van der Waals surface area contributed by atoms with Crippen LogP contribution in [0.15, 0.2) is 24.3 Å². The van der Waals surface area contributed by atoms with Crippen molar-refractivity contribution in [1.82, 2.24) is 5.32 Å². The highest BCUT2D eigenvalue weighted by atomic mass is 19.1. The van der Waals surface area contributed by atoms with Gasteiger partial charge in [-0.2, -0.15) is 0 Å². The molecule has 0 unspecified atom stereocenters. The van der Waals surface area contributed by atoms with Crippen LogP contribution in [0.1, 0.15) is 25.7 Å². The average molecular weight is 295 g/mol. The number of rotatable bonds is 8. The Kier molecular flexibility index (Phi) is 4.77. The molecule has 0 aromatic heterocycles. The van der Waals surface area contributed by atoms with Gasteiger partial charge in [0.25, 0.3) is 0 Å². The quantitative estimate of drug-likeness (QED) is 0.719. The molecule has 0 radical (unpaired) electrons. The number of carbonyl (C=O) groups excluding carboxylic acids is 1. The first-order chi connectivity index (χ1) is 9.99. The van der Waals surface area contributed by atoms with Gasteiger partial charge in [0.05, 0.1) is 13.0 Å². The third kappa shape index (κ3) is 5.06. The van der Waals surface area contributed by atoms with E-state index in [0.717, 1.165) is 12.8 Å². The molecule has 1 amide bonds. The smallest absolute Gasteiger partial charge is 0.303 e. The Balaban J connectivity index is 1.65. The Hall–Kier alpha value is -2.11. The molecule has 5 nitrogen and oxygen atoms in total. The normalized spacial score (nSPS) is 15.3. The Morgan fingerprint density at radius 1 is 1.33 bits per heavy atom. The van der Waals surface area contributed by atoms with Crippen LogP contribution in [0.25, 0.3) is 0 Å². The number of hydrogen-bond acceptors (Lipinski definition) is 3. The minimum absolute atomic E-state index is 0.0419. The van der Waals surface area contributed by atoms with Crippen molar-refractivity contribution in [2.75, 3.05) is 13.2 Å². The fourth-order valence-electron chi connectivity index (χ4n) is 2.23. The summed E-state index contributed by atoms with van der Waals surface area (Å²) in [6.45, 7) is 0.541. The summed E-state index contributed by atoms with van der Waals surface area (Å²) >= 11 is 0. The number of benzene rings is 1. The fraction of sp³-hybridized carbons (Fsp3) is 0.467. The minimum atomic E-state index is -0.866. The van der Waals surface area contributed by atoms with Crippen molar-refractivity contribution in [3.63, 3.8) is 0 Å². The second kappa shape index (κ2) is 6.56. The van der Waals surface area contributed by atoms with Gasteiger partial charge in [0.15, 0.2) is 0 Å². The van der Waals surface area contributed by atoms with E-state index in [1.807, 2.05) is 0 Å². The number of hydrogen-bond donors (Lipinski definition) is 2. The lowest BCUT2D eigenvalue weighted by Gasteiger charge is -2.12. The van der Waals surface area contributed by atoms with E-state index in [1.165, 1.54) is 12.1 Å². The van der Waals surface area contributed by atoms with Crippen molar-refractivity contribution < 1.29 is 23.8 Å². The number of aliphatic carboxylic acids is 1. The van der Waals surface area contributed by atoms with E-state index in [9.17, 15) is 14.0 Å². The van der Waals surface area contributed by atoms with Gasteiger partial charge < -0.3 is 15.2 Å². The molecule has 0 aliphatic heterocycles. The van der Waals surface area contributed by atoms with Crippen molar-refractivity contribution in [1.29, 1.82) is 0 Å². The molecule has 1 aromatic carbocycles. The predicted molar refractivity (Wildman–Crippen MR) is 73.4 cm³/mol. The SMILES string of the molecule is O=C(O)CC1(CC(=O)NCCOc2cccc(F)c2)CC1. The van der Waals surface area contributed by atoms with Crippen LogP contribution in [0, 0.1) is 11.2 Å². The molecule has 1 aliphatic carbocycles. The molecule has 1 saturated carbocycles. The molecule has 0 atom stereocenters. The zero-order valence-corrected chi connectivity index (χ0v) is 11.6. The summed E-state index contributed by atoms with van der Waals surface area (Å²) < 4.78 is 18.2. The topological polar surface area (TPSA) is 75.6 Å². The molecule has 2 N–H and O–H groups in total. The highest BCUT2D eigenvalue weighted by molar-refractivity contribution is 5.78. The molecule has 0 saturated heterocycles. The highest BCUT2D eigenvalue weighted by Gasteiger charge is 2.45. The van der Waals surface area contributed by atoms with Crippen LogP contribution in [0.3, 0.4) is 0 Å². The first kappa shape index (κ1) is 15.3. The molecule has 2 rings (SSSR count). The van der Waals surface area contributed by atoms with E-state index in [4.69, 9.17) is 9.84 Å². The summed E-state index contributed by atoms with van der Waals surface area (Å²) in [7, 11) is 0. The van der Waals surface area contributed by atoms with E-state index < -0.39 is 5.97 Å². The molecule has 0 bridgehead atoms. The van der Waals surface area contributed by atoms with Gasteiger partial charge >= 0.3 is 5.97 Å². The lowest BCUT2D eigenvalue weighted by molar-refractivity contribution is -0.138. The number of nitrogens with one attached hydrogen (secondary N) is 1. The van der Waals surface area contributed by atoms with Gasteiger partial charge in [-0.25, -0.2) is 4.39 Å². The fourth-order valence-corrected chi connectivity index (χ4v) is 2.23. The number of halogens is 1. The molecular formula is C15H18FNO4. The molecule has 1 fully saturated rings. The van der Waals surface area contributed by atoms with Gasteiger partial charge in [0, 0.05) is 12.5 Å². The Labute approximate surface area is 122 Å². The summed E-state index contributed by atoms with van der Waals surface area (Å²) in [6, 6.07) is 5.78. The van der Waals surface area contributed by atoms with Crippen LogP contribution < -0.4 is 10.1 Å². The van der Waals surface area contributed by atoms with Crippen LogP contribution in [-0.4, -0.2) is 30.1 Å². The first-order valence-corrected chi connectivity index (χ1v) is 6.86. The summed E-state index contributed by atoms with van der Waals surface area (Å²) in [4.78, 5) is 22.4. The predicted octanol–water partition coefficient (Wildman–Crippen LogP) is 1.97. The van der Waals surface area contributed by atoms with Crippen LogP contribution in [0.4, 0.5) is 4.39 Å². The van der Waals surface area contributed by atoms with Crippen molar-refractivity contribution in [3.05, 3.63) is 30.1 Å². The Bertz CT molecular complexity index is 528. The van der Waals surface area contributed by atoms with Gasteiger partial charge in [-0.1, -0.05) is 6.07 Å². The second-order valence-electron chi connectivity index (χ2n) is 5.40. The van der Waals surface area contributed by atoms with Crippen molar-refractivity contribution in [2.24, 2.45) is 5.41 Å². The number of amides is 1. The summed E-state index contributed by atoms with van der Waals surface area (Å²) in [6.07, 6.45) is 1.85. The maximum absolute atomic E-state index is 12.9. The molecule has 6 heteroatoms. The van der Waals surface area contributed by atoms with E-state index >= 15 is 0 Å². The molecule has 1 aromatic rings. The Morgan fingerprint density at radius 3 is 2.71 bits per heavy atom. The highest BCUT2D eigenvalue weighted by Crippen LogP contribution is 2.51. The number of carboxylic acids is 1. The van der Waals surface area contributed by atoms with E-state index in [2.05, 4.69) is 5.32 Å². The van der Waals surface area contributed by atoms with Crippen molar-refractivity contribution in [3.8, 4) is 5.75 Å². The number of carboxylic acid groups (broad SMARTS) is 1. The lowest BCUT2D eigenvalue weighted by atomic mass is 9.98. The van der Waals surface area contributed by atoms with Crippen LogP contribution in [0.5, 0.6) is 5.75 Å². The zero-order valence-electron chi connectivity index (χ0n) is 11.6. The van der Waals surface area contributed by atoms with Crippen LogP contribution in [-0.2, 0) is 9.59 Å². The largest absolute Gasteiger partial charge is 0.492 e. The van der Waals surface area contributed by atoms with Crippen molar-refractivity contribution >= 4 is 11.9 Å². The number of carbonyl (C=O) groups is 2. The van der Waals surface area contributed by atoms with E-state index in [0.29, 0.717) is 12.3 Å². The zero-order chi connectivity index (χ0) is 15.3. The third-order valence-corrected chi connectivity index (χ3v) is 3.51. The van der Waals surface area contributed by atoms with Crippen LogP contribution >= 0.6 is 0 Å². The monoisotopic (exact) mass is 295 g/mol. The van der Waals surface area contributed by atoms with E-state index in [1.54, 1.807) is 12.1 Å². The molecule has 21 heavy (non-hydrogen) atoms. The second-order valence-corrected chi connectivity index (χ2v) is 5.40. The van der Waals surface area contributed by atoms with Crippen molar-refractivity contribution in [2.45, 2.75) is 25.7 Å². The van der Waals surface area contributed by atoms with Gasteiger partial charge in [-0.05, 0) is 30.4 Å². The third-order valence-electron chi connectivity index (χ3n) is 3.51. The summed E-state index contributed by atoms with van der Waals surface area (Å²) in [5, 5.41) is 11.5. The van der Waals surface area contributed by atoms with Gasteiger partial charge in [-0.3, -0.25) is 9.59 Å². The lowest BCUT2D eigenvalue weighted by Crippen LogP contribution is -2.30. The molecule has 114 valence electrons. The van der Waals surface area contributed by atoms with E-state index in [-0.39, 0.29) is 36.6 Å². The van der Waals surface area contributed by atoms with Crippen LogP contribution in [0.2, 0.25) is 0 Å². The maximum atomic E-state index is 12.9. The average Bonchev–Trinajstić information content (AvgIpc) is 3.13. The molecule has 0 spiro atoms. The summed E-state index contributed by atoms with van der Waals surface area (Å²) in [5.41, 5.74) is -0.348. The Morgan fingerprint density at radius 2 is 2.10 bits per heavy atom. The minimum Gasteiger partial charge on any atom is -0.492 e. The maximum Gasteiger partial charge on any atom is 0.303 e. The molecule has 0 heterocycles. The van der Waals surface area contributed by atoms with Gasteiger partial charge in [-0.15, -0.1) is 0 Å². The molecule has 1 aliphatic rings. The standard InChI is InChI=1S/C15H18FNO4/c16-11-2-1-3-12(8-11)21-7-6-17-13(18)9-15(4-5-15)10-14(19)20/h1-3,8H,4-7,9-10H2,(H,17,18)(H,19,20). The summed E-state index contributed by atoms with van der Waals surface area (Å²) in [5.74, 6) is -0.999. The van der Waals surface area contributed by atoms with Gasteiger partial charge in [0.2, 0.25) is 5.91 Å². The first-order valence-electron chi connectivity index (χ1n) is 6.86. The number of ether oxygens (including phenoxy) is 1. The van der Waals surface area contributed by atoms with Gasteiger partial charge in [0.1, 0.15) is 18.2 Å². The molecular weight excluding hydrogens is 277 g/mol.